The molecule has 1 aromatic rings. The van der Waals surface area contributed by atoms with Gasteiger partial charge in [0, 0.05) is 11.6 Å². The topological polar surface area (TPSA) is 64.6 Å². The van der Waals surface area contributed by atoms with E-state index >= 15 is 0 Å². The Morgan fingerprint density at radius 1 is 1.35 bits per heavy atom. The van der Waals surface area contributed by atoms with Gasteiger partial charge in [0.25, 0.3) is 0 Å². The summed E-state index contributed by atoms with van der Waals surface area (Å²) in [7, 11) is 0. The third-order valence-electron chi connectivity index (χ3n) is 4.77. The molecule has 26 heavy (non-hydrogen) atoms. The normalized spacial score (nSPS) is 23.8. The van der Waals surface area contributed by atoms with Crippen LogP contribution in [0.25, 0.3) is 0 Å². The van der Waals surface area contributed by atoms with E-state index in [0.717, 1.165) is 17.6 Å². The number of carbonyl (C=O) groups excluding carboxylic acids is 2. The minimum Gasteiger partial charge on any atom is -0.465 e. The molecule has 1 N–H and O–H groups in total. The van der Waals surface area contributed by atoms with Crippen LogP contribution in [-0.4, -0.2) is 24.8 Å². The number of allylic oxidation sites excluding steroid dienone is 1. The van der Waals surface area contributed by atoms with Crippen molar-refractivity contribution in [3.63, 3.8) is 0 Å². The summed E-state index contributed by atoms with van der Waals surface area (Å²) in [4.78, 5) is 23.9. The molecule has 0 aromatic heterocycles. The number of hydrogen-bond acceptors (Lipinski definition) is 4. The summed E-state index contributed by atoms with van der Waals surface area (Å²) in [6.07, 6.45) is 1.59. The second-order valence-electron chi connectivity index (χ2n) is 7.04. The fraction of sp³-hybridized carbons (Fsp3) is 0.524. The van der Waals surface area contributed by atoms with Gasteiger partial charge >= 0.3 is 12.1 Å². The van der Waals surface area contributed by atoms with Gasteiger partial charge in [-0.3, -0.25) is 10.1 Å². The average Bonchev–Trinajstić information content (AvgIpc) is 3.05. The fourth-order valence-corrected chi connectivity index (χ4v) is 3.69. The monoisotopic (exact) mass is 359 g/mol. The maximum atomic E-state index is 12.3. The number of benzene rings is 1. The van der Waals surface area contributed by atoms with Crippen molar-refractivity contribution in [2.75, 3.05) is 11.9 Å². The molecule has 5 nitrogen and oxygen atoms in total. The second-order valence-corrected chi connectivity index (χ2v) is 7.04. The first-order valence-corrected chi connectivity index (χ1v) is 9.29. The smallest absolute Gasteiger partial charge is 0.411 e. The van der Waals surface area contributed by atoms with Crippen LogP contribution in [0, 0.1) is 11.3 Å². The van der Waals surface area contributed by atoms with Gasteiger partial charge in [-0.15, -0.1) is 0 Å². The van der Waals surface area contributed by atoms with Gasteiger partial charge in [-0.1, -0.05) is 38.1 Å². The molecule has 3 rings (SSSR count). The van der Waals surface area contributed by atoms with E-state index in [1.54, 1.807) is 13.8 Å². The molecule has 1 aliphatic carbocycles. The first-order chi connectivity index (χ1) is 12.4. The molecular formula is C21H29NO4. The quantitative estimate of drug-likeness (QED) is 0.624. The molecule has 0 bridgehead atoms. The highest BCUT2D eigenvalue weighted by Gasteiger charge is 2.55. The largest absolute Gasteiger partial charge is 0.465 e. The van der Waals surface area contributed by atoms with Gasteiger partial charge in [-0.05, 0) is 50.8 Å². The summed E-state index contributed by atoms with van der Waals surface area (Å²) >= 11 is 0. The van der Waals surface area contributed by atoms with Crippen LogP contribution in [0.1, 0.15) is 46.1 Å². The second kappa shape index (κ2) is 8.39. The lowest BCUT2D eigenvalue weighted by atomic mass is 9.75. The Morgan fingerprint density at radius 3 is 2.62 bits per heavy atom. The van der Waals surface area contributed by atoms with E-state index in [0.29, 0.717) is 25.1 Å². The van der Waals surface area contributed by atoms with Crippen LogP contribution in [0.4, 0.5) is 10.5 Å². The minimum absolute atomic E-state index is 0.103. The van der Waals surface area contributed by atoms with Crippen LogP contribution in [0.15, 0.2) is 36.4 Å². The SMILES string of the molecule is C=C1CC2COC(=O)C2(Cc2ccc(NC(=O)OC(C)C)cc2)C1.CC. The molecule has 2 aliphatic rings. The predicted octanol–water partition coefficient (Wildman–Crippen LogP) is 4.72. The molecule has 0 radical (unpaired) electrons. The van der Waals surface area contributed by atoms with Crippen LogP contribution in [0.2, 0.25) is 0 Å². The van der Waals surface area contributed by atoms with Crippen molar-refractivity contribution in [3.05, 3.63) is 42.0 Å². The molecule has 2 unspecified atom stereocenters. The van der Waals surface area contributed by atoms with Gasteiger partial charge in [0.15, 0.2) is 0 Å². The number of rotatable bonds is 4. The lowest BCUT2D eigenvalue weighted by Crippen LogP contribution is -2.31. The first-order valence-electron chi connectivity index (χ1n) is 9.29. The predicted molar refractivity (Wildman–Crippen MR) is 102 cm³/mol. The third kappa shape index (κ3) is 4.26. The summed E-state index contributed by atoms with van der Waals surface area (Å²) in [6, 6.07) is 7.52. The molecule has 5 heteroatoms. The Bertz CT molecular complexity index is 665. The molecular weight excluding hydrogens is 330 g/mol. The highest BCUT2D eigenvalue weighted by molar-refractivity contribution is 5.84. The summed E-state index contributed by atoms with van der Waals surface area (Å²) in [5.74, 6) is 0.130. The molecule has 1 saturated carbocycles. The number of ether oxygens (including phenoxy) is 2. The van der Waals surface area contributed by atoms with E-state index in [2.05, 4.69) is 11.9 Å². The van der Waals surface area contributed by atoms with Gasteiger partial charge < -0.3 is 9.47 Å². The molecule has 2 fully saturated rings. The number of esters is 1. The van der Waals surface area contributed by atoms with E-state index < -0.39 is 11.5 Å². The van der Waals surface area contributed by atoms with Crippen molar-refractivity contribution in [1.82, 2.24) is 0 Å². The summed E-state index contributed by atoms with van der Waals surface area (Å²) in [5.41, 5.74) is 2.40. The van der Waals surface area contributed by atoms with Gasteiger partial charge in [0.2, 0.25) is 0 Å². The molecule has 1 aromatic carbocycles. The Labute approximate surface area is 155 Å². The van der Waals surface area contributed by atoms with Crippen LogP contribution in [0.3, 0.4) is 0 Å². The van der Waals surface area contributed by atoms with Crippen molar-refractivity contribution in [2.24, 2.45) is 11.3 Å². The Hall–Kier alpha value is -2.30. The van der Waals surface area contributed by atoms with E-state index in [-0.39, 0.29) is 18.0 Å². The Morgan fingerprint density at radius 2 is 2.00 bits per heavy atom. The maximum Gasteiger partial charge on any atom is 0.411 e. The molecule has 1 aliphatic heterocycles. The Balaban J connectivity index is 0.00000117. The number of hydrogen-bond donors (Lipinski definition) is 1. The summed E-state index contributed by atoms with van der Waals surface area (Å²) < 4.78 is 10.4. The number of nitrogens with one attached hydrogen (secondary N) is 1. The molecule has 1 heterocycles. The molecule has 1 saturated heterocycles. The number of cyclic esters (lactones) is 1. The summed E-state index contributed by atoms with van der Waals surface area (Å²) in [5, 5.41) is 2.69. The van der Waals surface area contributed by atoms with E-state index in [4.69, 9.17) is 9.47 Å². The minimum atomic E-state index is -0.470. The van der Waals surface area contributed by atoms with Gasteiger partial charge in [-0.2, -0.15) is 0 Å². The zero-order valence-corrected chi connectivity index (χ0v) is 16.1. The molecule has 1 amide bonds. The van der Waals surface area contributed by atoms with Crippen molar-refractivity contribution >= 4 is 17.7 Å². The van der Waals surface area contributed by atoms with Crippen LogP contribution < -0.4 is 5.32 Å². The van der Waals surface area contributed by atoms with Crippen LogP contribution in [0.5, 0.6) is 0 Å². The number of amides is 1. The lowest BCUT2D eigenvalue weighted by molar-refractivity contribution is -0.146. The van der Waals surface area contributed by atoms with E-state index in [9.17, 15) is 9.59 Å². The zero-order valence-electron chi connectivity index (χ0n) is 16.1. The number of anilines is 1. The summed E-state index contributed by atoms with van der Waals surface area (Å²) in [6.45, 7) is 12.2. The standard InChI is InChI=1S/C19H23NO4.C2H6/c1-12(2)24-18(22)20-16-6-4-14(5-7-16)10-19-9-13(3)8-15(19)11-23-17(19)21;1-2/h4-7,12,15H,3,8-11H2,1-2H3,(H,20,22);1-2H3. The number of fused-ring (bicyclic) bond motifs is 1. The molecule has 0 spiro atoms. The van der Waals surface area contributed by atoms with E-state index in [1.165, 1.54) is 0 Å². The number of carbonyl (C=O) groups is 2. The highest BCUT2D eigenvalue weighted by atomic mass is 16.6. The van der Waals surface area contributed by atoms with E-state index in [1.807, 2.05) is 38.1 Å². The first kappa shape index (κ1) is 20.0. The van der Waals surface area contributed by atoms with Gasteiger partial charge in [-0.25, -0.2) is 4.79 Å². The highest BCUT2D eigenvalue weighted by Crippen LogP contribution is 2.52. The molecule has 142 valence electrons. The van der Waals surface area contributed by atoms with Gasteiger partial charge in [0.1, 0.15) is 0 Å². The van der Waals surface area contributed by atoms with Crippen molar-refractivity contribution in [2.45, 2.75) is 53.1 Å². The van der Waals surface area contributed by atoms with Crippen molar-refractivity contribution < 1.29 is 19.1 Å². The average molecular weight is 359 g/mol. The van der Waals surface area contributed by atoms with Gasteiger partial charge in [0.05, 0.1) is 18.1 Å². The Kier molecular flexibility index (Phi) is 6.46. The fourth-order valence-electron chi connectivity index (χ4n) is 3.69. The third-order valence-corrected chi connectivity index (χ3v) is 4.77. The van der Waals surface area contributed by atoms with Crippen molar-refractivity contribution in [1.29, 1.82) is 0 Å². The van der Waals surface area contributed by atoms with Crippen molar-refractivity contribution in [3.8, 4) is 0 Å². The van der Waals surface area contributed by atoms with Crippen LogP contribution >= 0.6 is 0 Å². The van der Waals surface area contributed by atoms with Crippen LogP contribution in [-0.2, 0) is 20.7 Å². The molecule has 2 atom stereocenters. The zero-order chi connectivity index (χ0) is 19.3. The maximum absolute atomic E-state index is 12.3. The lowest BCUT2D eigenvalue weighted by Gasteiger charge is -2.24.